The third-order valence-electron chi connectivity index (χ3n) is 6.66. The standard InChI is InChI=1S/C33H21N5/c1-3-7-25-19-27(11-9-22(25)5-1)31-36-32(28-12-10-23-6-2-4-8-26(23)20-28)38-33(37-31)30-14-13-29(21-35-30)24-15-17-34-18-16-24/h1-21H. The van der Waals surface area contributed by atoms with Crippen LogP contribution in [0.4, 0.5) is 0 Å². The summed E-state index contributed by atoms with van der Waals surface area (Å²) in [5.41, 5.74) is 4.62. The zero-order chi connectivity index (χ0) is 25.3. The van der Waals surface area contributed by atoms with Crippen LogP contribution in [0, 0.1) is 0 Å². The van der Waals surface area contributed by atoms with Crippen molar-refractivity contribution in [1.29, 1.82) is 0 Å². The monoisotopic (exact) mass is 487 g/mol. The minimum atomic E-state index is 0.535. The summed E-state index contributed by atoms with van der Waals surface area (Å²) in [5, 5.41) is 4.63. The lowest BCUT2D eigenvalue weighted by molar-refractivity contribution is 1.06. The highest BCUT2D eigenvalue weighted by molar-refractivity contribution is 5.88. The third kappa shape index (κ3) is 4.16. The van der Waals surface area contributed by atoms with Crippen LogP contribution < -0.4 is 0 Å². The van der Waals surface area contributed by atoms with Gasteiger partial charge in [-0.2, -0.15) is 0 Å². The predicted octanol–water partition coefficient (Wildman–Crippen LogP) is 7.64. The maximum atomic E-state index is 4.92. The first-order chi connectivity index (χ1) is 18.8. The van der Waals surface area contributed by atoms with Gasteiger partial charge in [-0.05, 0) is 57.4 Å². The van der Waals surface area contributed by atoms with Crippen LogP contribution in [0.2, 0.25) is 0 Å². The molecule has 3 aromatic heterocycles. The Balaban J connectivity index is 1.38. The summed E-state index contributed by atoms with van der Waals surface area (Å²) in [7, 11) is 0. The van der Waals surface area contributed by atoms with E-state index in [1.54, 1.807) is 12.4 Å². The largest absolute Gasteiger partial charge is 0.265 e. The molecule has 0 saturated heterocycles. The number of hydrogen-bond donors (Lipinski definition) is 0. The third-order valence-corrected chi connectivity index (χ3v) is 6.66. The van der Waals surface area contributed by atoms with Crippen LogP contribution in [-0.4, -0.2) is 24.9 Å². The van der Waals surface area contributed by atoms with Crippen LogP contribution in [0.1, 0.15) is 0 Å². The van der Waals surface area contributed by atoms with Gasteiger partial charge in [0.15, 0.2) is 17.5 Å². The minimum Gasteiger partial charge on any atom is -0.265 e. The number of rotatable bonds is 4. The van der Waals surface area contributed by atoms with E-state index < -0.39 is 0 Å². The highest BCUT2D eigenvalue weighted by atomic mass is 15.0. The lowest BCUT2D eigenvalue weighted by Crippen LogP contribution is -2.01. The van der Waals surface area contributed by atoms with Crippen molar-refractivity contribution in [2.75, 3.05) is 0 Å². The highest BCUT2D eigenvalue weighted by Crippen LogP contribution is 2.28. The van der Waals surface area contributed by atoms with E-state index in [0.717, 1.165) is 33.0 Å². The van der Waals surface area contributed by atoms with Gasteiger partial charge in [0.05, 0.1) is 0 Å². The lowest BCUT2D eigenvalue weighted by atomic mass is 10.1. The molecule has 3 heterocycles. The normalized spacial score (nSPS) is 11.2. The quantitative estimate of drug-likeness (QED) is 0.255. The van der Waals surface area contributed by atoms with Gasteiger partial charge in [-0.15, -0.1) is 0 Å². The van der Waals surface area contributed by atoms with E-state index in [1.165, 1.54) is 10.8 Å². The number of benzene rings is 4. The Kier molecular flexibility index (Phi) is 5.37. The molecule has 0 bridgehead atoms. The van der Waals surface area contributed by atoms with Crippen molar-refractivity contribution in [3.63, 3.8) is 0 Å². The zero-order valence-corrected chi connectivity index (χ0v) is 20.4. The first-order valence-electron chi connectivity index (χ1n) is 12.4. The number of aromatic nitrogens is 5. The Labute approximate surface area is 219 Å². The summed E-state index contributed by atoms with van der Waals surface area (Å²) in [6, 6.07) is 37.1. The molecule has 0 atom stereocenters. The molecule has 0 unspecified atom stereocenters. The molecule has 0 N–H and O–H groups in total. The molecule has 5 nitrogen and oxygen atoms in total. The van der Waals surface area contributed by atoms with Crippen molar-refractivity contribution < 1.29 is 0 Å². The molecule has 0 fully saturated rings. The fourth-order valence-electron chi connectivity index (χ4n) is 4.65. The summed E-state index contributed by atoms with van der Waals surface area (Å²) in [6.45, 7) is 0. The van der Waals surface area contributed by atoms with Gasteiger partial charge < -0.3 is 0 Å². The van der Waals surface area contributed by atoms with Gasteiger partial charge in [-0.25, -0.2) is 15.0 Å². The summed E-state index contributed by atoms with van der Waals surface area (Å²) in [4.78, 5) is 23.5. The fourth-order valence-corrected chi connectivity index (χ4v) is 4.65. The predicted molar refractivity (Wildman–Crippen MR) is 152 cm³/mol. The molecule has 38 heavy (non-hydrogen) atoms. The van der Waals surface area contributed by atoms with Crippen molar-refractivity contribution in [2.24, 2.45) is 0 Å². The van der Waals surface area contributed by atoms with Gasteiger partial charge in [0.25, 0.3) is 0 Å². The molecule has 178 valence electrons. The number of fused-ring (bicyclic) bond motifs is 2. The molecule has 0 aliphatic rings. The topological polar surface area (TPSA) is 64.5 Å². The van der Waals surface area contributed by atoms with Crippen molar-refractivity contribution in [1.82, 2.24) is 24.9 Å². The van der Waals surface area contributed by atoms with E-state index in [1.807, 2.05) is 54.7 Å². The average molecular weight is 488 g/mol. The van der Waals surface area contributed by atoms with E-state index in [-0.39, 0.29) is 0 Å². The fraction of sp³-hybridized carbons (Fsp3) is 0. The van der Waals surface area contributed by atoms with Gasteiger partial charge in [0, 0.05) is 35.3 Å². The molecule has 7 rings (SSSR count). The average Bonchev–Trinajstić information content (AvgIpc) is 3.01. The lowest BCUT2D eigenvalue weighted by Gasteiger charge is -2.10. The molecule has 0 aliphatic heterocycles. The van der Waals surface area contributed by atoms with Crippen molar-refractivity contribution in [3.8, 4) is 45.4 Å². The Morgan fingerprint density at radius 1 is 0.395 bits per heavy atom. The first kappa shape index (κ1) is 21.9. The second kappa shape index (κ2) is 9.30. The van der Waals surface area contributed by atoms with Crippen LogP contribution in [0.5, 0.6) is 0 Å². The zero-order valence-electron chi connectivity index (χ0n) is 20.4. The molecular formula is C33H21N5. The van der Waals surface area contributed by atoms with Crippen LogP contribution >= 0.6 is 0 Å². The van der Waals surface area contributed by atoms with Crippen LogP contribution in [0.25, 0.3) is 67.0 Å². The SMILES string of the molecule is c1ccc2cc(-c3nc(-c4ccc5ccccc5c4)nc(-c4ccc(-c5ccncc5)cn4)n3)ccc2c1. The number of nitrogens with zero attached hydrogens (tertiary/aromatic N) is 5. The highest BCUT2D eigenvalue weighted by Gasteiger charge is 2.14. The van der Waals surface area contributed by atoms with Gasteiger partial charge in [0.1, 0.15) is 5.69 Å². The number of pyridine rings is 2. The smallest absolute Gasteiger partial charge is 0.182 e. The molecular weight excluding hydrogens is 466 g/mol. The Morgan fingerprint density at radius 2 is 0.921 bits per heavy atom. The van der Waals surface area contributed by atoms with E-state index in [0.29, 0.717) is 23.2 Å². The van der Waals surface area contributed by atoms with E-state index >= 15 is 0 Å². The van der Waals surface area contributed by atoms with Crippen LogP contribution in [0.3, 0.4) is 0 Å². The van der Waals surface area contributed by atoms with Crippen molar-refractivity contribution in [3.05, 3.63) is 128 Å². The molecule has 0 amide bonds. The second-order valence-corrected chi connectivity index (χ2v) is 9.10. The molecule has 0 saturated carbocycles. The Hall–Kier alpha value is -5.29. The molecule has 5 heteroatoms. The summed E-state index contributed by atoms with van der Waals surface area (Å²) in [6.07, 6.45) is 5.40. The second-order valence-electron chi connectivity index (χ2n) is 9.10. The van der Waals surface area contributed by atoms with E-state index in [9.17, 15) is 0 Å². The number of hydrogen-bond acceptors (Lipinski definition) is 5. The molecule has 4 aromatic carbocycles. The van der Waals surface area contributed by atoms with Gasteiger partial charge in [-0.1, -0.05) is 78.9 Å². The molecule has 0 spiro atoms. The Bertz CT molecular complexity index is 1820. The summed E-state index contributed by atoms with van der Waals surface area (Å²) >= 11 is 0. The van der Waals surface area contributed by atoms with Gasteiger partial charge in [0.2, 0.25) is 0 Å². The molecule has 7 aromatic rings. The maximum Gasteiger partial charge on any atom is 0.182 e. The van der Waals surface area contributed by atoms with Gasteiger partial charge >= 0.3 is 0 Å². The van der Waals surface area contributed by atoms with Crippen LogP contribution in [-0.2, 0) is 0 Å². The van der Waals surface area contributed by atoms with Gasteiger partial charge in [-0.3, -0.25) is 9.97 Å². The van der Waals surface area contributed by atoms with Crippen LogP contribution in [0.15, 0.2) is 128 Å². The van der Waals surface area contributed by atoms with Crippen molar-refractivity contribution >= 4 is 21.5 Å². The first-order valence-corrected chi connectivity index (χ1v) is 12.4. The maximum absolute atomic E-state index is 4.92. The minimum absolute atomic E-state index is 0.535. The molecule has 0 aliphatic carbocycles. The van der Waals surface area contributed by atoms with E-state index in [2.05, 4.69) is 65.6 Å². The van der Waals surface area contributed by atoms with Crippen molar-refractivity contribution in [2.45, 2.75) is 0 Å². The summed E-state index contributed by atoms with van der Waals surface area (Å²) in [5.74, 6) is 1.76. The Morgan fingerprint density at radius 3 is 1.47 bits per heavy atom. The summed E-state index contributed by atoms with van der Waals surface area (Å²) < 4.78 is 0. The molecule has 0 radical (unpaired) electrons. The van der Waals surface area contributed by atoms with E-state index in [4.69, 9.17) is 19.9 Å².